The monoisotopic (exact) mass is 395 g/mol. The molecule has 0 spiro atoms. The SMILES string of the molecule is Cn1cc(CNC(=O)C2=NN(c3ccccc3)C(C(=O)O)C2)c(C(F)(F)F)n1. The topological polar surface area (TPSA) is 99.8 Å². The number of halogens is 3. The zero-order chi connectivity index (χ0) is 20.5. The molecular formula is C17H16F3N5O3. The van der Waals surface area contributed by atoms with Crippen LogP contribution < -0.4 is 10.3 Å². The number of alkyl halides is 3. The molecule has 3 rings (SSSR count). The van der Waals surface area contributed by atoms with Crippen molar-refractivity contribution >= 4 is 23.3 Å². The highest BCUT2D eigenvalue weighted by Gasteiger charge is 2.38. The van der Waals surface area contributed by atoms with Gasteiger partial charge in [-0.2, -0.15) is 23.4 Å². The molecule has 0 fully saturated rings. The predicted molar refractivity (Wildman–Crippen MR) is 92.5 cm³/mol. The van der Waals surface area contributed by atoms with E-state index in [1.54, 1.807) is 30.3 Å². The Bertz CT molecular complexity index is 924. The summed E-state index contributed by atoms with van der Waals surface area (Å²) in [5, 5.41) is 20.4. The van der Waals surface area contributed by atoms with Crippen LogP contribution in [0, 0.1) is 0 Å². The number of carboxylic acids is 1. The molecule has 1 aromatic carbocycles. The van der Waals surface area contributed by atoms with Crippen LogP contribution in [0.2, 0.25) is 0 Å². The van der Waals surface area contributed by atoms with Gasteiger partial charge in [0.15, 0.2) is 11.7 Å². The molecule has 8 nitrogen and oxygen atoms in total. The minimum absolute atomic E-state index is 0.0753. The van der Waals surface area contributed by atoms with E-state index < -0.39 is 36.3 Å². The summed E-state index contributed by atoms with van der Waals surface area (Å²) in [6, 6.07) is 7.36. The maximum Gasteiger partial charge on any atom is 0.435 e. The number of nitrogens with one attached hydrogen (secondary N) is 1. The Balaban J connectivity index is 1.75. The molecular weight excluding hydrogens is 379 g/mol. The number of para-hydroxylation sites is 1. The van der Waals surface area contributed by atoms with Crippen LogP contribution in [0.15, 0.2) is 41.6 Å². The predicted octanol–water partition coefficient (Wildman–Crippen LogP) is 1.77. The van der Waals surface area contributed by atoms with Crippen LogP contribution in [0.1, 0.15) is 17.7 Å². The van der Waals surface area contributed by atoms with Crippen LogP contribution in [0.3, 0.4) is 0 Å². The number of benzene rings is 1. The Kier molecular flexibility index (Phi) is 5.08. The summed E-state index contributed by atoms with van der Waals surface area (Å²) >= 11 is 0. The smallest absolute Gasteiger partial charge is 0.435 e. The van der Waals surface area contributed by atoms with Crippen molar-refractivity contribution in [3.8, 4) is 0 Å². The van der Waals surface area contributed by atoms with E-state index in [0.29, 0.717) is 5.69 Å². The summed E-state index contributed by atoms with van der Waals surface area (Å²) in [4.78, 5) is 23.9. The standard InChI is InChI=1S/C17H16F3N5O3/c1-24-9-10(14(23-24)17(18,19)20)8-21-15(26)12-7-13(16(27)28)25(22-12)11-5-3-2-4-6-11/h2-6,9,13H,7-8H2,1H3,(H,21,26)(H,27,28). The molecule has 1 aliphatic heterocycles. The molecule has 2 aromatic rings. The number of carbonyl (C=O) groups excluding carboxylic acids is 1. The number of rotatable bonds is 5. The second-order valence-corrected chi connectivity index (χ2v) is 6.14. The molecule has 1 amide bonds. The number of anilines is 1. The first kappa shape index (κ1) is 19.4. The summed E-state index contributed by atoms with van der Waals surface area (Å²) in [6.45, 7) is -0.413. The second-order valence-electron chi connectivity index (χ2n) is 6.14. The normalized spacial score (nSPS) is 16.8. The van der Waals surface area contributed by atoms with Crippen molar-refractivity contribution in [1.29, 1.82) is 0 Å². The highest BCUT2D eigenvalue weighted by Crippen LogP contribution is 2.30. The summed E-state index contributed by atoms with van der Waals surface area (Å²) in [5.74, 6) is -1.90. The lowest BCUT2D eigenvalue weighted by Crippen LogP contribution is -2.35. The van der Waals surface area contributed by atoms with Crippen molar-refractivity contribution in [2.75, 3.05) is 5.01 Å². The van der Waals surface area contributed by atoms with Crippen LogP contribution in [0.25, 0.3) is 0 Å². The maximum absolute atomic E-state index is 13.0. The molecule has 1 aromatic heterocycles. The molecule has 0 saturated carbocycles. The molecule has 0 radical (unpaired) electrons. The molecule has 28 heavy (non-hydrogen) atoms. The van der Waals surface area contributed by atoms with E-state index in [2.05, 4.69) is 15.5 Å². The highest BCUT2D eigenvalue weighted by atomic mass is 19.4. The average molecular weight is 395 g/mol. The van der Waals surface area contributed by atoms with Gasteiger partial charge in [-0.15, -0.1) is 0 Å². The number of carbonyl (C=O) groups is 2. The molecule has 0 saturated heterocycles. The number of aliphatic carboxylic acids is 1. The number of hydrogen-bond donors (Lipinski definition) is 2. The number of hydrazone groups is 1. The molecule has 148 valence electrons. The van der Waals surface area contributed by atoms with Gasteiger partial charge in [0.1, 0.15) is 5.71 Å². The van der Waals surface area contributed by atoms with E-state index in [-0.39, 0.29) is 17.7 Å². The third kappa shape index (κ3) is 3.97. The highest BCUT2D eigenvalue weighted by molar-refractivity contribution is 6.40. The number of carboxylic acid groups (broad SMARTS) is 1. The number of aryl methyl sites for hydroxylation is 1. The van der Waals surface area contributed by atoms with Crippen LogP contribution in [-0.2, 0) is 29.4 Å². The fraction of sp³-hybridized carbons (Fsp3) is 0.294. The summed E-state index contributed by atoms with van der Waals surface area (Å²) in [5.41, 5.74) is -0.868. The van der Waals surface area contributed by atoms with Gasteiger partial charge in [0.2, 0.25) is 0 Å². The van der Waals surface area contributed by atoms with Crippen molar-refractivity contribution in [3.05, 3.63) is 47.8 Å². The molecule has 1 aliphatic rings. The second kappa shape index (κ2) is 7.33. The van der Waals surface area contributed by atoms with Crippen molar-refractivity contribution < 1.29 is 27.9 Å². The number of nitrogens with zero attached hydrogens (tertiary/aromatic N) is 4. The van der Waals surface area contributed by atoms with Crippen LogP contribution in [0.4, 0.5) is 18.9 Å². The Morgan fingerprint density at radius 1 is 1.29 bits per heavy atom. The lowest BCUT2D eigenvalue weighted by Gasteiger charge is -2.19. The molecule has 1 atom stereocenters. The lowest BCUT2D eigenvalue weighted by atomic mass is 10.1. The number of amides is 1. The molecule has 2 N–H and O–H groups in total. The molecule has 2 heterocycles. The van der Waals surface area contributed by atoms with Gasteiger partial charge in [0, 0.05) is 31.8 Å². The van der Waals surface area contributed by atoms with Crippen molar-refractivity contribution in [2.24, 2.45) is 12.1 Å². The summed E-state index contributed by atoms with van der Waals surface area (Å²) < 4.78 is 40.0. The van der Waals surface area contributed by atoms with Crippen molar-refractivity contribution in [1.82, 2.24) is 15.1 Å². The Morgan fingerprint density at radius 3 is 2.57 bits per heavy atom. The van der Waals surface area contributed by atoms with Crippen LogP contribution in [0.5, 0.6) is 0 Å². The summed E-state index contributed by atoms with van der Waals surface area (Å²) in [7, 11) is 1.34. The Labute approximate surface area is 157 Å². The van der Waals surface area contributed by atoms with Gasteiger partial charge in [-0.05, 0) is 12.1 Å². The minimum atomic E-state index is -4.65. The minimum Gasteiger partial charge on any atom is -0.480 e. The largest absolute Gasteiger partial charge is 0.480 e. The number of hydrogen-bond acceptors (Lipinski definition) is 5. The van der Waals surface area contributed by atoms with Crippen molar-refractivity contribution in [3.63, 3.8) is 0 Å². The van der Waals surface area contributed by atoms with Gasteiger partial charge in [0.05, 0.1) is 5.69 Å². The average Bonchev–Trinajstić information content (AvgIpc) is 3.24. The van der Waals surface area contributed by atoms with Crippen LogP contribution in [-0.4, -0.2) is 38.5 Å². The fourth-order valence-electron chi connectivity index (χ4n) is 2.84. The van der Waals surface area contributed by atoms with Gasteiger partial charge in [-0.3, -0.25) is 14.5 Å². The molecule has 0 aliphatic carbocycles. The van der Waals surface area contributed by atoms with E-state index in [4.69, 9.17) is 0 Å². The third-order valence-electron chi connectivity index (χ3n) is 4.09. The van der Waals surface area contributed by atoms with E-state index >= 15 is 0 Å². The third-order valence-corrected chi connectivity index (χ3v) is 4.09. The van der Waals surface area contributed by atoms with Gasteiger partial charge >= 0.3 is 12.1 Å². The Hall–Kier alpha value is -3.37. The van der Waals surface area contributed by atoms with E-state index in [0.717, 1.165) is 10.9 Å². The summed E-state index contributed by atoms with van der Waals surface area (Å²) in [6.07, 6.45) is -3.66. The van der Waals surface area contributed by atoms with Gasteiger partial charge in [-0.1, -0.05) is 18.2 Å². The first-order valence-electron chi connectivity index (χ1n) is 8.19. The van der Waals surface area contributed by atoms with Gasteiger partial charge in [0.25, 0.3) is 5.91 Å². The molecule has 1 unspecified atom stereocenters. The lowest BCUT2D eigenvalue weighted by molar-refractivity contribution is -0.142. The molecule has 11 heteroatoms. The van der Waals surface area contributed by atoms with E-state index in [9.17, 15) is 27.9 Å². The maximum atomic E-state index is 13.0. The first-order chi connectivity index (χ1) is 13.2. The fourth-order valence-corrected chi connectivity index (χ4v) is 2.84. The van der Waals surface area contributed by atoms with E-state index in [1.165, 1.54) is 12.1 Å². The van der Waals surface area contributed by atoms with Crippen LogP contribution >= 0.6 is 0 Å². The number of aromatic nitrogens is 2. The van der Waals surface area contributed by atoms with Crippen molar-refractivity contribution in [2.45, 2.75) is 25.2 Å². The first-order valence-corrected chi connectivity index (χ1v) is 8.19. The zero-order valence-corrected chi connectivity index (χ0v) is 14.6. The Morgan fingerprint density at radius 2 is 1.96 bits per heavy atom. The molecule has 0 bridgehead atoms. The van der Waals surface area contributed by atoms with Gasteiger partial charge < -0.3 is 10.4 Å². The van der Waals surface area contributed by atoms with E-state index in [1.807, 2.05) is 0 Å². The zero-order valence-electron chi connectivity index (χ0n) is 14.6. The quantitative estimate of drug-likeness (QED) is 0.804. The van der Waals surface area contributed by atoms with Gasteiger partial charge in [-0.25, -0.2) is 4.79 Å².